The summed E-state index contributed by atoms with van der Waals surface area (Å²) in [6.07, 6.45) is 0. The van der Waals surface area contributed by atoms with E-state index in [4.69, 9.17) is 14.6 Å². The van der Waals surface area contributed by atoms with Crippen LogP contribution >= 0.6 is 11.8 Å². The number of fused-ring (bicyclic) bond motifs is 1. The minimum Gasteiger partial charge on any atom is -0.493 e. The highest BCUT2D eigenvalue weighted by Crippen LogP contribution is 2.32. The van der Waals surface area contributed by atoms with Crippen LogP contribution in [0.4, 0.5) is 0 Å². The van der Waals surface area contributed by atoms with Crippen LogP contribution in [0.5, 0.6) is 11.5 Å². The van der Waals surface area contributed by atoms with Crippen molar-refractivity contribution in [2.75, 3.05) is 14.2 Å². The summed E-state index contributed by atoms with van der Waals surface area (Å²) in [7, 11) is 3.23. The van der Waals surface area contributed by atoms with E-state index < -0.39 is 0 Å². The SMILES string of the molecule is COc1ccc(-c2nnc3ccc(SCc4cccc(C)c4)nn23)cc1OC. The second-order valence-electron chi connectivity index (χ2n) is 6.31. The van der Waals surface area contributed by atoms with Gasteiger partial charge in [0.15, 0.2) is 23.0 Å². The minimum atomic E-state index is 0.640. The monoisotopic (exact) mass is 392 g/mol. The summed E-state index contributed by atoms with van der Waals surface area (Å²) in [5.41, 5.74) is 4.09. The van der Waals surface area contributed by atoms with E-state index >= 15 is 0 Å². The molecule has 4 rings (SSSR count). The zero-order chi connectivity index (χ0) is 19.5. The van der Waals surface area contributed by atoms with Gasteiger partial charge in [0.25, 0.3) is 0 Å². The van der Waals surface area contributed by atoms with Crippen LogP contribution in [0.2, 0.25) is 0 Å². The van der Waals surface area contributed by atoms with Crippen molar-refractivity contribution in [2.24, 2.45) is 0 Å². The molecule has 0 N–H and O–H groups in total. The van der Waals surface area contributed by atoms with Gasteiger partial charge in [-0.25, -0.2) is 0 Å². The largest absolute Gasteiger partial charge is 0.493 e. The fraction of sp³-hybridized carbons (Fsp3) is 0.190. The summed E-state index contributed by atoms with van der Waals surface area (Å²) < 4.78 is 12.5. The molecule has 28 heavy (non-hydrogen) atoms. The second kappa shape index (κ2) is 7.90. The lowest BCUT2D eigenvalue weighted by Gasteiger charge is -2.09. The molecule has 142 valence electrons. The predicted octanol–water partition coefficient (Wildman–Crippen LogP) is 4.41. The lowest BCUT2D eigenvalue weighted by molar-refractivity contribution is 0.355. The maximum Gasteiger partial charge on any atom is 0.185 e. The Labute approximate surface area is 167 Å². The Bertz CT molecular complexity index is 1130. The van der Waals surface area contributed by atoms with E-state index in [1.54, 1.807) is 30.5 Å². The molecule has 0 amide bonds. The van der Waals surface area contributed by atoms with Crippen molar-refractivity contribution < 1.29 is 9.47 Å². The van der Waals surface area contributed by atoms with Crippen LogP contribution < -0.4 is 9.47 Å². The van der Waals surface area contributed by atoms with Gasteiger partial charge in [0.2, 0.25) is 0 Å². The zero-order valence-corrected chi connectivity index (χ0v) is 16.7. The van der Waals surface area contributed by atoms with Gasteiger partial charge < -0.3 is 9.47 Å². The maximum atomic E-state index is 5.40. The molecule has 0 atom stereocenters. The highest BCUT2D eigenvalue weighted by Gasteiger charge is 2.13. The molecule has 2 aromatic carbocycles. The third-order valence-electron chi connectivity index (χ3n) is 4.35. The predicted molar refractivity (Wildman–Crippen MR) is 110 cm³/mol. The first-order valence-corrected chi connectivity index (χ1v) is 9.79. The van der Waals surface area contributed by atoms with Gasteiger partial charge >= 0.3 is 0 Å². The number of methoxy groups -OCH3 is 2. The van der Waals surface area contributed by atoms with Crippen molar-refractivity contribution in [3.8, 4) is 22.9 Å². The molecule has 0 aliphatic rings. The first-order chi connectivity index (χ1) is 13.7. The average Bonchev–Trinajstić information content (AvgIpc) is 3.15. The maximum absolute atomic E-state index is 5.40. The van der Waals surface area contributed by atoms with Crippen LogP contribution in [0.3, 0.4) is 0 Å². The first kappa shape index (κ1) is 18.3. The van der Waals surface area contributed by atoms with Gasteiger partial charge in [-0.15, -0.1) is 10.2 Å². The number of aryl methyl sites for hydroxylation is 1. The standard InChI is InChI=1S/C21H20N4O2S/c1-14-5-4-6-15(11-14)13-28-20-10-9-19-22-23-21(25(19)24-20)16-7-8-17(26-2)18(12-16)27-3/h4-12H,13H2,1-3H3. The van der Waals surface area contributed by atoms with E-state index in [1.165, 1.54) is 11.1 Å². The van der Waals surface area contributed by atoms with E-state index in [0.29, 0.717) is 23.0 Å². The van der Waals surface area contributed by atoms with Gasteiger partial charge in [0, 0.05) is 11.3 Å². The number of ether oxygens (including phenoxy) is 2. The Hall–Kier alpha value is -3.06. The normalized spacial score (nSPS) is 11.0. The van der Waals surface area contributed by atoms with Gasteiger partial charge in [-0.3, -0.25) is 0 Å². The van der Waals surface area contributed by atoms with Crippen molar-refractivity contribution in [3.05, 3.63) is 65.7 Å². The molecule has 0 unspecified atom stereocenters. The molecule has 2 heterocycles. The smallest absolute Gasteiger partial charge is 0.185 e. The molecule has 4 aromatic rings. The molecule has 0 aliphatic carbocycles. The number of hydrogen-bond donors (Lipinski definition) is 0. The highest BCUT2D eigenvalue weighted by molar-refractivity contribution is 7.98. The molecular formula is C21H20N4O2S. The zero-order valence-electron chi connectivity index (χ0n) is 15.9. The molecule has 0 spiro atoms. The van der Waals surface area contributed by atoms with E-state index in [0.717, 1.165) is 16.3 Å². The molecule has 6 nitrogen and oxygen atoms in total. The highest BCUT2D eigenvalue weighted by atomic mass is 32.2. The molecule has 0 saturated heterocycles. The lowest BCUT2D eigenvalue weighted by atomic mass is 10.2. The number of aromatic nitrogens is 4. The minimum absolute atomic E-state index is 0.640. The Kier molecular flexibility index (Phi) is 5.16. The second-order valence-corrected chi connectivity index (χ2v) is 7.31. The van der Waals surface area contributed by atoms with Gasteiger partial charge in [-0.05, 0) is 42.8 Å². The van der Waals surface area contributed by atoms with Gasteiger partial charge in [-0.1, -0.05) is 41.6 Å². The van der Waals surface area contributed by atoms with Gasteiger partial charge in [0.05, 0.1) is 14.2 Å². The van der Waals surface area contributed by atoms with E-state index in [9.17, 15) is 0 Å². The molecule has 0 aliphatic heterocycles. The summed E-state index contributed by atoms with van der Waals surface area (Å²) >= 11 is 1.69. The molecule has 2 aromatic heterocycles. The first-order valence-electron chi connectivity index (χ1n) is 8.81. The van der Waals surface area contributed by atoms with Crippen molar-refractivity contribution in [3.63, 3.8) is 0 Å². The summed E-state index contributed by atoms with van der Waals surface area (Å²) in [5.74, 6) is 2.83. The molecule has 0 saturated carbocycles. The van der Waals surface area contributed by atoms with Crippen LogP contribution in [0.1, 0.15) is 11.1 Å². The van der Waals surface area contributed by atoms with Gasteiger partial charge in [0.1, 0.15) is 5.03 Å². The number of thioether (sulfide) groups is 1. The molecule has 0 radical (unpaired) electrons. The topological polar surface area (TPSA) is 61.5 Å². The molecular weight excluding hydrogens is 372 g/mol. The van der Waals surface area contributed by atoms with Crippen molar-refractivity contribution in [1.29, 1.82) is 0 Å². The van der Waals surface area contributed by atoms with Gasteiger partial charge in [-0.2, -0.15) is 9.61 Å². The van der Waals surface area contributed by atoms with Crippen LogP contribution in [0, 0.1) is 6.92 Å². The van der Waals surface area contributed by atoms with E-state index in [1.807, 2.05) is 30.3 Å². The van der Waals surface area contributed by atoms with Crippen LogP contribution in [0.15, 0.2) is 59.6 Å². The Morgan fingerprint density at radius 3 is 2.57 bits per heavy atom. The quantitative estimate of drug-likeness (QED) is 0.453. The third kappa shape index (κ3) is 3.66. The Morgan fingerprint density at radius 1 is 0.929 bits per heavy atom. The lowest BCUT2D eigenvalue weighted by Crippen LogP contribution is -1.98. The molecule has 7 heteroatoms. The van der Waals surface area contributed by atoms with Crippen LogP contribution in [-0.2, 0) is 5.75 Å². The van der Waals surface area contributed by atoms with Crippen molar-refractivity contribution in [2.45, 2.75) is 17.7 Å². The Balaban J connectivity index is 1.65. The molecule has 0 bridgehead atoms. The fourth-order valence-corrected chi connectivity index (χ4v) is 3.76. The van der Waals surface area contributed by atoms with Crippen LogP contribution in [0.25, 0.3) is 17.0 Å². The summed E-state index contributed by atoms with van der Waals surface area (Å²) in [4.78, 5) is 0. The van der Waals surface area contributed by atoms with Crippen LogP contribution in [-0.4, -0.2) is 34.0 Å². The fourth-order valence-electron chi connectivity index (χ4n) is 2.96. The Morgan fingerprint density at radius 2 is 1.79 bits per heavy atom. The number of nitrogens with zero attached hydrogens (tertiary/aromatic N) is 4. The van der Waals surface area contributed by atoms with Crippen molar-refractivity contribution >= 4 is 17.4 Å². The van der Waals surface area contributed by atoms with Crippen molar-refractivity contribution in [1.82, 2.24) is 19.8 Å². The van der Waals surface area contributed by atoms with E-state index in [2.05, 4.69) is 41.4 Å². The summed E-state index contributed by atoms with van der Waals surface area (Å²) in [6.45, 7) is 2.10. The summed E-state index contributed by atoms with van der Waals surface area (Å²) in [5, 5.41) is 14.2. The summed E-state index contributed by atoms with van der Waals surface area (Å²) in [6, 6.07) is 18.1. The number of hydrogen-bond acceptors (Lipinski definition) is 6. The van der Waals surface area contributed by atoms with E-state index in [-0.39, 0.29) is 0 Å². The average molecular weight is 392 g/mol. The number of benzene rings is 2. The number of rotatable bonds is 6. The third-order valence-corrected chi connectivity index (χ3v) is 5.34. The molecule has 0 fully saturated rings.